The van der Waals surface area contributed by atoms with E-state index >= 15 is 0 Å². The maximum atomic E-state index is 13.3. The maximum absolute atomic E-state index is 13.3. The van der Waals surface area contributed by atoms with Gasteiger partial charge in [0.1, 0.15) is 0 Å². The number of aromatic nitrogens is 1. The van der Waals surface area contributed by atoms with E-state index in [1.807, 2.05) is 36.1 Å². The molecule has 0 unspecified atom stereocenters. The zero-order valence-electron chi connectivity index (χ0n) is 19.0. The fourth-order valence-electron chi connectivity index (χ4n) is 4.80. The van der Waals surface area contributed by atoms with Gasteiger partial charge < -0.3 is 4.90 Å². The molecule has 2 aliphatic rings. The van der Waals surface area contributed by atoms with Crippen molar-refractivity contribution in [3.63, 3.8) is 0 Å². The lowest BCUT2D eigenvalue weighted by atomic mass is 9.89. The van der Waals surface area contributed by atoms with Crippen LogP contribution in [0.1, 0.15) is 65.8 Å². The monoisotopic (exact) mass is 436 g/mol. The molecular formula is C25H32N4O3. The number of nitro benzene ring substituents is 1. The van der Waals surface area contributed by atoms with Gasteiger partial charge in [-0.2, -0.15) is 0 Å². The van der Waals surface area contributed by atoms with Gasteiger partial charge in [0, 0.05) is 43.4 Å². The minimum atomic E-state index is -0.368. The number of piperidine rings is 2. The van der Waals surface area contributed by atoms with Crippen LogP contribution in [0.4, 0.5) is 5.69 Å². The van der Waals surface area contributed by atoms with E-state index in [0.29, 0.717) is 5.92 Å². The summed E-state index contributed by atoms with van der Waals surface area (Å²) in [4.78, 5) is 33.0. The highest BCUT2D eigenvalue weighted by Gasteiger charge is 2.29. The van der Waals surface area contributed by atoms with E-state index in [4.69, 9.17) is 4.98 Å². The predicted molar refractivity (Wildman–Crippen MR) is 124 cm³/mol. The molecule has 1 amide bonds. The average molecular weight is 437 g/mol. The Labute approximate surface area is 189 Å². The third-order valence-electron chi connectivity index (χ3n) is 6.89. The molecule has 7 heteroatoms. The van der Waals surface area contributed by atoms with E-state index in [2.05, 4.69) is 11.8 Å². The highest BCUT2D eigenvalue weighted by atomic mass is 16.6. The summed E-state index contributed by atoms with van der Waals surface area (Å²) >= 11 is 0. The summed E-state index contributed by atoms with van der Waals surface area (Å²) in [5.41, 5.74) is 3.90. The molecule has 0 radical (unpaired) electrons. The minimum absolute atomic E-state index is 0.123. The fraction of sp³-hybridized carbons (Fsp3) is 0.520. The number of likely N-dealkylation sites (tertiary alicyclic amines) is 2. The summed E-state index contributed by atoms with van der Waals surface area (Å²) in [7, 11) is 0. The van der Waals surface area contributed by atoms with E-state index in [1.165, 1.54) is 0 Å². The van der Waals surface area contributed by atoms with Crippen molar-refractivity contribution in [1.82, 2.24) is 14.8 Å². The Morgan fingerprint density at radius 2 is 1.69 bits per heavy atom. The van der Waals surface area contributed by atoms with Gasteiger partial charge in [0.15, 0.2) is 0 Å². The smallest absolute Gasteiger partial charge is 0.269 e. The summed E-state index contributed by atoms with van der Waals surface area (Å²) in [6.45, 7) is 8.54. The SMILES string of the molecule is Cc1ccc(C(=O)N2CCC(C)CC2)c(C2CCN(Cc3ccc([N+](=O)[O-])cc3)CC2)n1. The number of amides is 1. The van der Waals surface area contributed by atoms with Gasteiger partial charge in [-0.15, -0.1) is 0 Å². The van der Waals surface area contributed by atoms with Gasteiger partial charge >= 0.3 is 0 Å². The van der Waals surface area contributed by atoms with Gasteiger partial charge in [-0.25, -0.2) is 0 Å². The zero-order chi connectivity index (χ0) is 22.7. The van der Waals surface area contributed by atoms with E-state index in [1.54, 1.807) is 12.1 Å². The molecule has 2 aromatic rings. The number of carbonyl (C=O) groups excluding carboxylic acids is 1. The Balaban J connectivity index is 1.41. The lowest BCUT2D eigenvalue weighted by molar-refractivity contribution is -0.384. The van der Waals surface area contributed by atoms with Crippen LogP contribution in [-0.2, 0) is 6.54 Å². The first-order valence-corrected chi connectivity index (χ1v) is 11.6. The first kappa shape index (κ1) is 22.4. The number of hydrogen-bond donors (Lipinski definition) is 0. The average Bonchev–Trinajstić information content (AvgIpc) is 2.80. The molecule has 3 heterocycles. The topological polar surface area (TPSA) is 79.6 Å². The van der Waals surface area contributed by atoms with Gasteiger partial charge in [0.05, 0.1) is 16.2 Å². The van der Waals surface area contributed by atoms with E-state index < -0.39 is 0 Å². The predicted octanol–water partition coefficient (Wildman–Crippen LogP) is 4.55. The molecule has 0 atom stereocenters. The van der Waals surface area contributed by atoms with Crippen LogP contribution in [0.5, 0.6) is 0 Å². The van der Waals surface area contributed by atoms with E-state index in [9.17, 15) is 14.9 Å². The number of rotatable bonds is 5. The first-order chi connectivity index (χ1) is 15.4. The molecular weight excluding hydrogens is 404 g/mol. The normalized spacial score (nSPS) is 18.6. The largest absolute Gasteiger partial charge is 0.339 e. The Morgan fingerprint density at radius 3 is 2.31 bits per heavy atom. The molecule has 1 aromatic carbocycles. The third-order valence-corrected chi connectivity index (χ3v) is 6.89. The van der Waals surface area contributed by atoms with Crippen molar-refractivity contribution in [1.29, 1.82) is 0 Å². The fourth-order valence-corrected chi connectivity index (χ4v) is 4.80. The molecule has 7 nitrogen and oxygen atoms in total. The number of hydrogen-bond acceptors (Lipinski definition) is 5. The van der Waals surface area contributed by atoms with Crippen LogP contribution in [0, 0.1) is 23.0 Å². The van der Waals surface area contributed by atoms with Crippen molar-refractivity contribution >= 4 is 11.6 Å². The third kappa shape index (κ3) is 5.15. The van der Waals surface area contributed by atoms with Crippen LogP contribution in [0.15, 0.2) is 36.4 Å². The van der Waals surface area contributed by atoms with Gasteiger partial charge in [0.2, 0.25) is 0 Å². The second kappa shape index (κ2) is 9.77. The number of nitrogens with zero attached hydrogens (tertiary/aromatic N) is 4. The van der Waals surface area contributed by atoms with Crippen LogP contribution < -0.4 is 0 Å². The number of benzene rings is 1. The minimum Gasteiger partial charge on any atom is -0.339 e. The summed E-state index contributed by atoms with van der Waals surface area (Å²) in [5.74, 6) is 1.10. The molecule has 0 bridgehead atoms. The molecule has 4 rings (SSSR count). The number of aryl methyl sites for hydroxylation is 1. The van der Waals surface area contributed by atoms with Crippen molar-refractivity contribution in [3.8, 4) is 0 Å². The summed E-state index contributed by atoms with van der Waals surface area (Å²) in [6.07, 6.45) is 4.06. The summed E-state index contributed by atoms with van der Waals surface area (Å²) in [5, 5.41) is 10.8. The van der Waals surface area contributed by atoms with Gasteiger partial charge in [0.25, 0.3) is 11.6 Å². The van der Waals surface area contributed by atoms with Crippen LogP contribution in [0.3, 0.4) is 0 Å². The van der Waals surface area contributed by atoms with Crippen molar-refractivity contribution < 1.29 is 9.72 Å². The Kier molecular flexibility index (Phi) is 6.84. The van der Waals surface area contributed by atoms with Crippen molar-refractivity contribution in [2.45, 2.75) is 52.0 Å². The summed E-state index contributed by atoms with van der Waals surface area (Å²) < 4.78 is 0. The number of pyridine rings is 1. The Hall–Kier alpha value is -2.80. The molecule has 170 valence electrons. The van der Waals surface area contributed by atoms with Crippen LogP contribution >= 0.6 is 0 Å². The molecule has 0 N–H and O–H groups in total. The van der Waals surface area contributed by atoms with Gasteiger partial charge in [-0.3, -0.25) is 24.8 Å². The second-order valence-corrected chi connectivity index (χ2v) is 9.33. The Morgan fingerprint density at radius 1 is 1.03 bits per heavy atom. The molecule has 0 spiro atoms. The quantitative estimate of drug-likeness (QED) is 0.507. The maximum Gasteiger partial charge on any atom is 0.269 e. The molecule has 32 heavy (non-hydrogen) atoms. The first-order valence-electron chi connectivity index (χ1n) is 11.6. The number of carbonyl (C=O) groups is 1. The van der Waals surface area contributed by atoms with Gasteiger partial charge in [-0.1, -0.05) is 19.1 Å². The van der Waals surface area contributed by atoms with Crippen molar-refractivity contribution in [2.75, 3.05) is 26.2 Å². The molecule has 0 saturated carbocycles. The lowest BCUT2D eigenvalue weighted by Gasteiger charge is -2.34. The van der Waals surface area contributed by atoms with Crippen LogP contribution in [0.2, 0.25) is 0 Å². The van der Waals surface area contributed by atoms with Crippen molar-refractivity contribution in [3.05, 3.63) is 69.0 Å². The second-order valence-electron chi connectivity index (χ2n) is 9.33. The number of nitro groups is 1. The number of non-ortho nitro benzene ring substituents is 1. The molecule has 2 aliphatic heterocycles. The molecule has 2 saturated heterocycles. The van der Waals surface area contributed by atoms with E-state index in [0.717, 1.165) is 80.9 Å². The van der Waals surface area contributed by atoms with Crippen LogP contribution in [0.25, 0.3) is 0 Å². The lowest BCUT2D eigenvalue weighted by Crippen LogP contribution is -2.39. The van der Waals surface area contributed by atoms with Crippen LogP contribution in [-0.4, -0.2) is 51.8 Å². The molecule has 0 aliphatic carbocycles. The standard InChI is InChI=1S/C25H32N4O3/c1-18-9-15-28(16-10-18)25(30)23-8-3-19(2)26-24(23)21-11-13-27(14-12-21)17-20-4-6-22(7-5-20)29(31)32/h3-8,18,21H,9-17H2,1-2H3. The molecule has 2 fully saturated rings. The molecule has 1 aromatic heterocycles. The summed E-state index contributed by atoms with van der Waals surface area (Å²) in [6, 6.07) is 10.7. The highest BCUT2D eigenvalue weighted by Crippen LogP contribution is 2.31. The van der Waals surface area contributed by atoms with E-state index in [-0.39, 0.29) is 22.4 Å². The van der Waals surface area contributed by atoms with Gasteiger partial charge in [-0.05, 0) is 69.3 Å². The van der Waals surface area contributed by atoms with Crippen molar-refractivity contribution in [2.24, 2.45) is 5.92 Å². The highest BCUT2D eigenvalue weighted by molar-refractivity contribution is 5.95. The Bertz CT molecular complexity index is 960. The zero-order valence-corrected chi connectivity index (χ0v) is 19.0.